The van der Waals surface area contributed by atoms with Crippen LogP contribution in [0.3, 0.4) is 0 Å². The van der Waals surface area contributed by atoms with Crippen LogP contribution in [0.25, 0.3) is 0 Å². The van der Waals surface area contributed by atoms with Crippen molar-refractivity contribution < 1.29 is 17.0 Å². The molecule has 0 aliphatic heterocycles. The summed E-state index contributed by atoms with van der Waals surface area (Å²) in [5.74, 6) is -0.756. The summed E-state index contributed by atoms with van der Waals surface area (Å²) in [7, 11) is -5.13. The molecule has 96 valence electrons. The van der Waals surface area contributed by atoms with Crippen LogP contribution in [0.4, 0.5) is 4.39 Å². The van der Waals surface area contributed by atoms with Crippen LogP contribution in [0.5, 0.6) is 0 Å². The van der Waals surface area contributed by atoms with Crippen molar-refractivity contribution in [3.63, 3.8) is 0 Å². The van der Waals surface area contributed by atoms with Crippen LogP contribution in [0.15, 0.2) is 23.1 Å². The molecule has 8 heteroatoms. The maximum absolute atomic E-state index is 13.4. The molecule has 0 spiro atoms. The summed E-state index contributed by atoms with van der Waals surface area (Å²) in [6.45, 7) is -0.0316. The third-order valence-electron chi connectivity index (χ3n) is 1.87. The van der Waals surface area contributed by atoms with E-state index in [0.717, 1.165) is 6.07 Å². The van der Waals surface area contributed by atoms with Crippen molar-refractivity contribution in [2.75, 3.05) is 18.6 Å². The number of nitrogens with one attached hydrogen (secondary N) is 1. The van der Waals surface area contributed by atoms with Crippen LogP contribution < -0.4 is 4.72 Å². The van der Waals surface area contributed by atoms with Crippen molar-refractivity contribution in [1.29, 1.82) is 0 Å². The Labute approximate surface area is 107 Å². The predicted octanol–water partition coefficient (Wildman–Crippen LogP) is 1.14. The maximum atomic E-state index is 13.4. The minimum absolute atomic E-state index is 0.0316. The van der Waals surface area contributed by atoms with Gasteiger partial charge in [0.05, 0.1) is 5.02 Å². The number of hydrogen-bond acceptors (Lipinski definition) is 3. The van der Waals surface area contributed by atoms with E-state index in [1.807, 2.05) is 0 Å². The van der Waals surface area contributed by atoms with Gasteiger partial charge in [-0.05, 0) is 12.1 Å². The van der Waals surface area contributed by atoms with Gasteiger partial charge in [-0.25, -0.2) is 17.5 Å². The molecule has 0 saturated carbocycles. The fourth-order valence-corrected chi connectivity index (χ4v) is 3.28. The van der Waals surface area contributed by atoms with E-state index in [2.05, 4.69) is 4.72 Å². The lowest BCUT2D eigenvalue weighted by atomic mass is 10.3. The number of halogens is 2. The van der Waals surface area contributed by atoms with Crippen LogP contribution in [0.1, 0.15) is 0 Å². The topological polar surface area (TPSA) is 63.2 Å². The third kappa shape index (κ3) is 4.02. The normalized spacial score (nSPS) is 13.6. The maximum Gasteiger partial charge on any atom is 0.245 e. The summed E-state index contributed by atoms with van der Waals surface area (Å²) in [5.41, 5.74) is 0. The lowest BCUT2D eigenvalue weighted by molar-refractivity contribution is 0.559. The van der Waals surface area contributed by atoms with Gasteiger partial charge in [-0.1, -0.05) is 17.7 Å². The van der Waals surface area contributed by atoms with Gasteiger partial charge in [0.1, 0.15) is 10.7 Å². The quantitative estimate of drug-likeness (QED) is 0.887. The molecule has 0 unspecified atom stereocenters. The van der Waals surface area contributed by atoms with Crippen molar-refractivity contribution in [1.82, 2.24) is 4.72 Å². The third-order valence-corrected chi connectivity index (χ3v) is 4.61. The molecule has 0 amide bonds. The highest BCUT2D eigenvalue weighted by Gasteiger charge is 2.21. The number of rotatable bonds is 5. The predicted molar refractivity (Wildman–Crippen MR) is 65.5 cm³/mol. The van der Waals surface area contributed by atoms with Crippen molar-refractivity contribution in [3.05, 3.63) is 29.0 Å². The van der Waals surface area contributed by atoms with Crippen molar-refractivity contribution in [3.8, 4) is 0 Å². The zero-order chi connectivity index (χ0) is 13.1. The highest BCUT2D eigenvalue weighted by molar-refractivity contribution is 7.89. The Morgan fingerprint density at radius 1 is 1.47 bits per heavy atom. The molecule has 1 aromatic rings. The molecule has 0 aliphatic carbocycles. The van der Waals surface area contributed by atoms with E-state index in [-0.39, 0.29) is 17.3 Å². The molecule has 1 atom stereocenters. The van der Waals surface area contributed by atoms with E-state index in [9.17, 15) is 17.0 Å². The molecule has 0 aromatic heterocycles. The molecule has 0 fully saturated rings. The zero-order valence-corrected chi connectivity index (χ0v) is 11.3. The Morgan fingerprint density at radius 3 is 2.65 bits per heavy atom. The lowest BCUT2D eigenvalue weighted by Crippen LogP contribution is -2.28. The van der Waals surface area contributed by atoms with Crippen molar-refractivity contribution >= 4 is 32.4 Å². The Hall–Kier alpha value is -0.500. The molecular weight excluding hydrogens is 289 g/mol. The number of benzene rings is 1. The molecule has 0 heterocycles. The van der Waals surface area contributed by atoms with Crippen LogP contribution in [0, 0.1) is 5.82 Å². The highest BCUT2D eigenvalue weighted by Crippen LogP contribution is 2.23. The van der Waals surface area contributed by atoms with Crippen LogP contribution in [-0.2, 0) is 20.8 Å². The zero-order valence-electron chi connectivity index (χ0n) is 8.94. The molecule has 0 saturated heterocycles. The molecule has 0 aliphatic rings. The molecule has 1 rings (SSSR count). The van der Waals surface area contributed by atoms with Gasteiger partial charge in [0.15, 0.2) is 0 Å². The first-order valence-electron chi connectivity index (χ1n) is 4.58. The van der Waals surface area contributed by atoms with Gasteiger partial charge in [0.25, 0.3) is 0 Å². The van der Waals surface area contributed by atoms with E-state index < -0.39 is 31.5 Å². The van der Waals surface area contributed by atoms with Gasteiger partial charge in [0, 0.05) is 29.4 Å². The fourth-order valence-electron chi connectivity index (χ4n) is 1.13. The Bertz CT molecular complexity index is 513. The molecule has 1 aromatic carbocycles. The van der Waals surface area contributed by atoms with E-state index in [1.165, 1.54) is 18.4 Å². The monoisotopic (exact) mass is 299 g/mol. The summed E-state index contributed by atoms with van der Waals surface area (Å²) in [4.78, 5) is -0.580. The van der Waals surface area contributed by atoms with Gasteiger partial charge >= 0.3 is 0 Å². The molecule has 1 N–H and O–H groups in total. The number of sulfonamides is 1. The molecule has 0 radical (unpaired) electrons. The minimum atomic E-state index is -4.01. The first-order chi connectivity index (χ1) is 7.84. The molecule has 0 bridgehead atoms. The Morgan fingerprint density at radius 2 is 2.12 bits per heavy atom. The Kier molecular flexibility index (Phi) is 5.05. The second kappa shape index (κ2) is 5.90. The van der Waals surface area contributed by atoms with Gasteiger partial charge in [-0.15, -0.1) is 0 Å². The molecule has 17 heavy (non-hydrogen) atoms. The average molecular weight is 300 g/mol. The summed E-state index contributed by atoms with van der Waals surface area (Å²) < 4.78 is 49.7. The average Bonchev–Trinajstić information content (AvgIpc) is 2.15. The SMILES string of the molecule is C[S@@](=O)CCNS(=O)(=O)c1c(F)cccc1Cl. The van der Waals surface area contributed by atoms with E-state index in [4.69, 9.17) is 11.6 Å². The summed E-state index contributed by atoms with van der Waals surface area (Å²) in [6, 6.07) is 3.62. The lowest BCUT2D eigenvalue weighted by Gasteiger charge is -2.08. The summed E-state index contributed by atoms with van der Waals surface area (Å²) >= 11 is 5.64. The first-order valence-corrected chi connectivity index (χ1v) is 8.17. The minimum Gasteiger partial charge on any atom is -0.260 e. The molecule has 4 nitrogen and oxygen atoms in total. The summed E-state index contributed by atoms with van der Waals surface area (Å²) in [5, 5.41) is -0.185. The van der Waals surface area contributed by atoms with E-state index in [0.29, 0.717) is 0 Å². The second-order valence-electron chi connectivity index (χ2n) is 3.23. The van der Waals surface area contributed by atoms with Crippen molar-refractivity contribution in [2.24, 2.45) is 0 Å². The van der Waals surface area contributed by atoms with Crippen LogP contribution >= 0.6 is 11.6 Å². The largest absolute Gasteiger partial charge is 0.260 e. The second-order valence-corrected chi connectivity index (χ2v) is 6.89. The Balaban J connectivity index is 2.94. The standard InChI is InChI=1S/C9H11ClFNO3S2/c1-16(13)6-5-12-17(14,15)9-7(10)3-2-4-8(9)11/h2-4,12H,5-6H2,1H3/t16-/m1/s1. The van der Waals surface area contributed by atoms with Gasteiger partial charge in [0.2, 0.25) is 10.0 Å². The van der Waals surface area contributed by atoms with Gasteiger partial charge in [-0.2, -0.15) is 0 Å². The van der Waals surface area contributed by atoms with Crippen LogP contribution in [0.2, 0.25) is 5.02 Å². The summed E-state index contributed by atoms with van der Waals surface area (Å²) in [6.07, 6.45) is 1.45. The van der Waals surface area contributed by atoms with Crippen molar-refractivity contribution in [2.45, 2.75) is 4.90 Å². The smallest absolute Gasteiger partial charge is 0.245 e. The van der Waals surface area contributed by atoms with Gasteiger partial charge in [-0.3, -0.25) is 4.21 Å². The van der Waals surface area contributed by atoms with Crippen LogP contribution in [-0.4, -0.2) is 31.2 Å². The van der Waals surface area contributed by atoms with E-state index >= 15 is 0 Å². The fraction of sp³-hybridized carbons (Fsp3) is 0.333. The van der Waals surface area contributed by atoms with E-state index in [1.54, 1.807) is 0 Å². The highest BCUT2D eigenvalue weighted by atomic mass is 35.5. The van der Waals surface area contributed by atoms with Gasteiger partial charge < -0.3 is 0 Å². The first kappa shape index (κ1) is 14.6. The number of hydrogen-bond donors (Lipinski definition) is 1. The molecular formula is C9H11ClFNO3S2.